The minimum absolute atomic E-state index is 0.0588. The van der Waals surface area contributed by atoms with Crippen LogP contribution in [0.3, 0.4) is 0 Å². The van der Waals surface area contributed by atoms with E-state index in [0.29, 0.717) is 5.56 Å². The Morgan fingerprint density at radius 1 is 1.06 bits per heavy atom. The van der Waals surface area contributed by atoms with Gasteiger partial charge in [0.1, 0.15) is 0 Å². The summed E-state index contributed by atoms with van der Waals surface area (Å²) < 4.78 is 0. The number of para-hydroxylation sites is 1. The molecule has 18 heavy (non-hydrogen) atoms. The van der Waals surface area contributed by atoms with E-state index in [1.54, 1.807) is 6.92 Å². The number of fused-ring (bicyclic) bond motifs is 2. The molecule has 1 heterocycles. The van der Waals surface area contributed by atoms with Gasteiger partial charge in [0.2, 0.25) is 0 Å². The Balaban J connectivity index is 2.25. The Labute approximate surface area is 106 Å². The molecule has 1 aromatic carbocycles. The Morgan fingerprint density at radius 2 is 1.78 bits per heavy atom. The van der Waals surface area contributed by atoms with Gasteiger partial charge < -0.3 is 0 Å². The number of aryl methyl sites for hydroxylation is 2. The van der Waals surface area contributed by atoms with E-state index >= 15 is 0 Å². The van der Waals surface area contributed by atoms with Gasteiger partial charge >= 0.3 is 0 Å². The van der Waals surface area contributed by atoms with Crippen LogP contribution < -0.4 is 0 Å². The Kier molecular flexibility index (Phi) is 2.82. The van der Waals surface area contributed by atoms with Crippen LogP contribution in [0.2, 0.25) is 0 Å². The summed E-state index contributed by atoms with van der Waals surface area (Å²) in [7, 11) is 0. The predicted octanol–water partition coefficient (Wildman–Crippen LogP) is 3.10. The second kappa shape index (κ2) is 4.48. The summed E-state index contributed by atoms with van der Waals surface area (Å²) in [5.41, 5.74) is 4.52. The van der Waals surface area contributed by atoms with Crippen molar-refractivity contribution >= 4 is 16.8 Å². The fraction of sp³-hybridized carbons (Fsp3) is 0.400. The van der Waals surface area contributed by atoms with Crippen molar-refractivity contribution in [2.24, 2.45) is 0 Å². The van der Waals surface area contributed by atoms with Gasteiger partial charge in [-0.2, -0.15) is 0 Å². The van der Waals surface area contributed by atoms with Crippen molar-refractivity contribution in [3.63, 3.8) is 0 Å². The highest BCUT2D eigenvalue weighted by molar-refractivity contribution is 6.04. The lowest BCUT2D eigenvalue weighted by atomic mass is 10.1. The fourth-order valence-electron chi connectivity index (χ4n) is 2.59. The molecule has 0 spiro atoms. The summed E-state index contributed by atoms with van der Waals surface area (Å²) in [4.78, 5) is 21.0. The summed E-state index contributed by atoms with van der Waals surface area (Å²) in [6.45, 7) is 1.59. The van der Waals surface area contributed by atoms with Gasteiger partial charge in [0.05, 0.1) is 22.4 Å². The Bertz CT molecular complexity index is 619. The molecule has 3 rings (SSSR count). The van der Waals surface area contributed by atoms with Crippen molar-refractivity contribution < 1.29 is 4.79 Å². The first-order valence-corrected chi connectivity index (χ1v) is 6.55. The predicted molar refractivity (Wildman–Crippen MR) is 70.8 cm³/mol. The largest absolute Gasteiger partial charge is 0.294 e. The molecule has 0 saturated carbocycles. The monoisotopic (exact) mass is 240 g/mol. The number of nitrogens with zero attached hydrogens (tertiary/aromatic N) is 2. The Hall–Kier alpha value is -1.77. The number of benzene rings is 1. The van der Waals surface area contributed by atoms with E-state index in [1.807, 2.05) is 18.2 Å². The number of hydrogen-bond acceptors (Lipinski definition) is 3. The third kappa shape index (κ3) is 1.90. The average Bonchev–Trinajstić information content (AvgIpc) is 2.59. The smallest absolute Gasteiger partial charge is 0.162 e. The van der Waals surface area contributed by atoms with Crippen LogP contribution in [0, 0.1) is 0 Å². The standard InChI is InChI=1S/C15H16N2O/c1-10(18)11-6-5-9-14-15(11)17-13-8-4-2-3-7-12(13)16-14/h5-6,9H,2-4,7-8H2,1H3. The van der Waals surface area contributed by atoms with E-state index in [2.05, 4.69) is 0 Å². The van der Waals surface area contributed by atoms with Gasteiger partial charge in [-0.3, -0.25) is 4.79 Å². The van der Waals surface area contributed by atoms with Crippen LogP contribution in [0.25, 0.3) is 11.0 Å². The second-order valence-corrected chi connectivity index (χ2v) is 4.91. The highest BCUT2D eigenvalue weighted by atomic mass is 16.1. The first-order valence-electron chi connectivity index (χ1n) is 6.55. The lowest BCUT2D eigenvalue weighted by Crippen LogP contribution is -2.03. The van der Waals surface area contributed by atoms with E-state index in [1.165, 1.54) is 19.3 Å². The minimum atomic E-state index is 0.0588. The van der Waals surface area contributed by atoms with Crippen molar-refractivity contribution in [2.45, 2.75) is 39.0 Å². The SMILES string of the molecule is CC(=O)c1cccc2nc3c(nc12)CCCCC3. The number of Topliss-reactive ketones (excluding diaryl/α,β-unsaturated/α-hetero) is 1. The number of ketones is 1. The highest BCUT2D eigenvalue weighted by Gasteiger charge is 2.14. The maximum atomic E-state index is 11.6. The quantitative estimate of drug-likeness (QED) is 0.568. The second-order valence-electron chi connectivity index (χ2n) is 4.91. The molecule has 0 unspecified atom stereocenters. The molecule has 0 bridgehead atoms. The normalized spacial score (nSPS) is 15.2. The van der Waals surface area contributed by atoms with Gasteiger partial charge in [-0.15, -0.1) is 0 Å². The molecule has 0 fully saturated rings. The van der Waals surface area contributed by atoms with Crippen LogP contribution in [-0.4, -0.2) is 15.8 Å². The third-order valence-corrected chi connectivity index (χ3v) is 3.56. The van der Waals surface area contributed by atoms with Gasteiger partial charge in [-0.05, 0) is 44.7 Å². The van der Waals surface area contributed by atoms with E-state index < -0.39 is 0 Å². The first-order chi connectivity index (χ1) is 8.75. The van der Waals surface area contributed by atoms with Gasteiger partial charge in [0.25, 0.3) is 0 Å². The van der Waals surface area contributed by atoms with Crippen molar-refractivity contribution in [2.75, 3.05) is 0 Å². The van der Waals surface area contributed by atoms with E-state index in [-0.39, 0.29) is 5.78 Å². The van der Waals surface area contributed by atoms with E-state index in [9.17, 15) is 4.79 Å². The van der Waals surface area contributed by atoms with Crippen LogP contribution >= 0.6 is 0 Å². The molecule has 0 radical (unpaired) electrons. The maximum absolute atomic E-state index is 11.6. The summed E-state index contributed by atoms with van der Waals surface area (Å²) >= 11 is 0. The lowest BCUT2D eigenvalue weighted by molar-refractivity contribution is 0.101. The molecule has 1 aromatic heterocycles. The number of aromatic nitrogens is 2. The molecule has 1 aliphatic carbocycles. The molecular formula is C15H16N2O. The number of rotatable bonds is 1. The molecule has 3 nitrogen and oxygen atoms in total. The molecule has 0 amide bonds. The van der Waals surface area contributed by atoms with Crippen molar-refractivity contribution in [1.82, 2.24) is 9.97 Å². The van der Waals surface area contributed by atoms with Crippen LogP contribution in [0.5, 0.6) is 0 Å². The zero-order valence-electron chi connectivity index (χ0n) is 10.6. The third-order valence-electron chi connectivity index (χ3n) is 3.56. The van der Waals surface area contributed by atoms with E-state index in [4.69, 9.17) is 9.97 Å². The Morgan fingerprint density at radius 3 is 2.50 bits per heavy atom. The topological polar surface area (TPSA) is 42.9 Å². The molecule has 92 valence electrons. The van der Waals surface area contributed by atoms with Gasteiger partial charge in [-0.25, -0.2) is 9.97 Å². The average molecular weight is 240 g/mol. The van der Waals surface area contributed by atoms with Crippen molar-refractivity contribution in [3.05, 3.63) is 35.2 Å². The molecule has 0 N–H and O–H groups in total. The summed E-state index contributed by atoms with van der Waals surface area (Å²) in [5.74, 6) is 0.0588. The number of carbonyl (C=O) groups is 1. The minimum Gasteiger partial charge on any atom is -0.294 e. The van der Waals surface area contributed by atoms with Gasteiger partial charge in [0.15, 0.2) is 5.78 Å². The summed E-state index contributed by atoms with van der Waals surface area (Å²) in [5, 5.41) is 0. The van der Waals surface area contributed by atoms with Crippen LogP contribution in [0.15, 0.2) is 18.2 Å². The molecule has 0 aliphatic heterocycles. The molecule has 2 aromatic rings. The van der Waals surface area contributed by atoms with E-state index in [0.717, 1.165) is 35.3 Å². The molecule has 3 heteroatoms. The summed E-state index contributed by atoms with van der Waals surface area (Å²) in [6.07, 6.45) is 5.62. The lowest BCUT2D eigenvalue weighted by Gasteiger charge is -2.08. The maximum Gasteiger partial charge on any atom is 0.162 e. The zero-order valence-corrected chi connectivity index (χ0v) is 10.6. The fourth-order valence-corrected chi connectivity index (χ4v) is 2.59. The number of hydrogen-bond donors (Lipinski definition) is 0. The van der Waals surface area contributed by atoms with Crippen LogP contribution in [-0.2, 0) is 12.8 Å². The van der Waals surface area contributed by atoms with Crippen LogP contribution in [0.4, 0.5) is 0 Å². The molecule has 1 aliphatic rings. The highest BCUT2D eigenvalue weighted by Crippen LogP contribution is 2.22. The molecular weight excluding hydrogens is 224 g/mol. The summed E-state index contributed by atoms with van der Waals surface area (Å²) in [6, 6.07) is 5.67. The zero-order chi connectivity index (χ0) is 12.5. The van der Waals surface area contributed by atoms with Crippen LogP contribution in [0.1, 0.15) is 47.9 Å². The first kappa shape index (κ1) is 11.3. The number of carbonyl (C=O) groups excluding carboxylic acids is 1. The van der Waals surface area contributed by atoms with Crippen molar-refractivity contribution in [1.29, 1.82) is 0 Å². The molecule has 0 saturated heterocycles. The van der Waals surface area contributed by atoms with Crippen molar-refractivity contribution in [3.8, 4) is 0 Å². The van der Waals surface area contributed by atoms with Gasteiger partial charge in [0, 0.05) is 5.56 Å². The van der Waals surface area contributed by atoms with Gasteiger partial charge in [-0.1, -0.05) is 12.5 Å². The molecule has 0 atom stereocenters.